The highest BCUT2D eigenvalue weighted by Crippen LogP contribution is 2.33. The van der Waals surface area contributed by atoms with Gasteiger partial charge in [0.15, 0.2) is 0 Å². The van der Waals surface area contributed by atoms with Gasteiger partial charge in [0, 0.05) is 11.3 Å². The molecule has 4 nitrogen and oxygen atoms in total. The van der Waals surface area contributed by atoms with Gasteiger partial charge in [0.05, 0.1) is 4.92 Å². The summed E-state index contributed by atoms with van der Waals surface area (Å²) >= 11 is 7.52. The second-order valence-electron chi connectivity index (χ2n) is 4.21. The van der Waals surface area contributed by atoms with Crippen molar-refractivity contribution in [3.05, 3.63) is 33.3 Å². The SMILES string of the molecule is CSC(C)(C)CNc1cccc(Cl)c1[N+](=O)[O-]. The molecule has 1 N–H and O–H groups in total. The molecule has 17 heavy (non-hydrogen) atoms. The number of halogens is 1. The van der Waals surface area contributed by atoms with Crippen LogP contribution in [0.3, 0.4) is 0 Å². The molecular formula is C11H15ClN2O2S. The Kier molecular flexibility index (Phi) is 4.65. The first-order chi connectivity index (χ1) is 7.87. The summed E-state index contributed by atoms with van der Waals surface area (Å²) in [5.74, 6) is 0. The summed E-state index contributed by atoms with van der Waals surface area (Å²) in [5, 5.41) is 14.1. The molecule has 0 radical (unpaired) electrons. The topological polar surface area (TPSA) is 55.2 Å². The number of benzene rings is 1. The molecule has 1 rings (SSSR count). The molecule has 0 aromatic heterocycles. The third kappa shape index (κ3) is 3.78. The molecule has 0 bridgehead atoms. The number of nitrogens with one attached hydrogen (secondary N) is 1. The average Bonchev–Trinajstić information content (AvgIpc) is 2.26. The van der Waals surface area contributed by atoms with Crippen molar-refractivity contribution in [2.75, 3.05) is 18.1 Å². The predicted molar refractivity (Wildman–Crippen MR) is 74.2 cm³/mol. The molecule has 0 atom stereocenters. The Bertz CT molecular complexity index is 424. The van der Waals surface area contributed by atoms with E-state index in [1.807, 2.05) is 6.26 Å². The van der Waals surface area contributed by atoms with Crippen LogP contribution in [0.25, 0.3) is 0 Å². The Hall–Kier alpha value is -0.940. The normalized spacial score (nSPS) is 11.3. The maximum absolute atomic E-state index is 10.9. The number of thioether (sulfide) groups is 1. The zero-order valence-corrected chi connectivity index (χ0v) is 11.6. The fourth-order valence-corrected chi connectivity index (χ4v) is 1.68. The van der Waals surface area contributed by atoms with Crippen molar-refractivity contribution in [2.24, 2.45) is 0 Å². The second kappa shape index (κ2) is 5.60. The van der Waals surface area contributed by atoms with Gasteiger partial charge < -0.3 is 5.32 Å². The van der Waals surface area contributed by atoms with Gasteiger partial charge >= 0.3 is 5.69 Å². The van der Waals surface area contributed by atoms with Gasteiger partial charge in [-0.2, -0.15) is 11.8 Å². The number of rotatable bonds is 5. The molecule has 0 aliphatic rings. The van der Waals surface area contributed by atoms with Gasteiger partial charge in [-0.05, 0) is 32.2 Å². The van der Waals surface area contributed by atoms with Crippen LogP contribution in [0.2, 0.25) is 5.02 Å². The maximum atomic E-state index is 10.9. The maximum Gasteiger partial charge on any atom is 0.310 e. The first-order valence-corrected chi connectivity index (χ1v) is 6.69. The summed E-state index contributed by atoms with van der Waals surface area (Å²) < 4.78 is 0.0101. The largest absolute Gasteiger partial charge is 0.378 e. The van der Waals surface area contributed by atoms with Gasteiger partial charge in [0.2, 0.25) is 0 Å². The minimum Gasteiger partial charge on any atom is -0.378 e. The monoisotopic (exact) mass is 274 g/mol. The molecule has 0 spiro atoms. The van der Waals surface area contributed by atoms with Crippen molar-refractivity contribution >= 4 is 34.7 Å². The van der Waals surface area contributed by atoms with Crippen molar-refractivity contribution in [3.8, 4) is 0 Å². The van der Waals surface area contributed by atoms with Crippen molar-refractivity contribution in [1.82, 2.24) is 0 Å². The van der Waals surface area contributed by atoms with Crippen LogP contribution >= 0.6 is 23.4 Å². The molecule has 6 heteroatoms. The lowest BCUT2D eigenvalue weighted by atomic mass is 10.2. The Balaban J connectivity index is 2.92. The molecule has 94 valence electrons. The van der Waals surface area contributed by atoms with E-state index in [9.17, 15) is 10.1 Å². The van der Waals surface area contributed by atoms with Crippen molar-refractivity contribution in [1.29, 1.82) is 0 Å². The van der Waals surface area contributed by atoms with Gasteiger partial charge in [-0.1, -0.05) is 17.7 Å². The number of anilines is 1. The smallest absolute Gasteiger partial charge is 0.310 e. The van der Waals surface area contributed by atoms with E-state index < -0.39 is 4.92 Å². The van der Waals surface area contributed by atoms with Gasteiger partial charge in [-0.3, -0.25) is 10.1 Å². The zero-order chi connectivity index (χ0) is 13.1. The van der Waals surface area contributed by atoms with Crippen LogP contribution < -0.4 is 5.32 Å². The summed E-state index contributed by atoms with van der Waals surface area (Å²) in [6.45, 7) is 4.78. The fourth-order valence-electron chi connectivity index (χ4n) is 1.22. The number of nitrogens with zero attached hydrogens (tertiary/aromatic N) is 1. The molecule has 0 fully saturated rings. The van der Waals surface area contributed by atoms with Crippen LogP contribution in [0.15, 0.2) is 18.2 Å². The van der Waals surface area contributed by atoms with Crippen LogP contribution in [-0.2, 0) is 0 Å². The molecule has 1 aromatic rings. The van der Waals surface area contributed by atoms with E-state index in [2.05, 4.69) is 19.2 Å². The number of nitro benzene ring substituents is 1. The zero-order valence-electron chi connectivity index (χ0n) is 9.99. The molecule has 0 aliphatic carbocycles. The first-order valence-electron chi connectivity index (χ1n) is 5.09. The van der Waals surface area contributed by atoms with E-state index in [1.165, 1.54) is 6.07 Å². The van der Waals surface area contributed by atoms with Gasteiger partial charge in [0.1, 0.15) is 10.7 Å². The van der Waals surface area contributed by atoms with Crippen molar-refractivity contribution in [3.63, 3.8) is 0 Å². The third-order valence-electron chi connectivity index (χ3n) is 2.43. The fraction of sp³-hybridized carbons (Fsp3) is 0.455. The summed E-state index contributed by atoms with van der Waals surface area (Å²) in [6.07, 6.45) is 2.01. The van der Waals surface area contributed by atoms with Crippen LogP contribution in [0.1, 0.15) is 13.8 Å². The number of hydrogen-bond acceptors (Lipinski definition) is 4. The molecule has 0 unspecified atom stereocenters. The third-order valence-corrected chi connectivity index (χ3v) is 3.98. The quantitative estimate of drug-likeness (QED) is 0.655. The molecule has 0 heterocycles. The lowest BCUT2D eigenvalue weighted by molar-refractivity contribution is -0.383. The predicted octanol–water partition coefficient (Wildman–Crippen LogP) is 3.80. The average molecular weight is 275 g/mol. The van der Waals surface area contributed by atoms with E-state index in [0.29, 0.717) is 12.2 Å². The Morgan fingerprint density at radius 1 is 1.53 bits per heavy atom. The molecule has 1 aromatic carbocycles. The highest BCUT2D eigenvalue weighted by molar-refractivity contribution is 7.99. The van der Waals surface area contributed by atoms with Crippen LogP contribution in [0.5, 0.6) is 0 Å². The minimum atomic E-state index is -0.462. The molecular weight excluding hydrogens is 260 g/mol. The second-order valence-corrected chi connectivity index (χ2v) is 6.13. The molecule has 0 saturated heterocycles. The van der Waals surface area contributed by atoms with Crippen LogP contribution in [0.4, 0.5) is 11.4 Å². The summed E-state index contributed by atoms with van der Waals surface area (Å²) in [5.41, 5.74) is 0.399. The van der Waals surface area contributed by atoms with Crippen LogP contribution in [-0.4, -0.2) is 22.5 Å². The van der Waals surface area contributed by atoms with Crippen molar-refractivity contribution < 1.29 is 4.92 Å². The van der Waals surface area contributed by atoms with Crippen LogP contribution in [0, 0.1) is 10.1 Å². The Morgan fingerprint density at radius 2 is 2.18 bits per heavy atom. The lowest BCUT2D eigenvalue weighted by Gasteiger charge is -2.22. The van der Waals surface area contributed by atoms with E-state index >= 15 is 0 Å². The van der Waals surface area contributed by atoms with Crippen molar-refractivity contribution in [2.45, 2.75) is 18.6 Å². The van der Waals surface area contributed by atoms with E-state index in [1.54, 1.807) is 23.9 Å². The highest BCUT2D eigenvalue weighted by Gasteiger charge is 2.21. The number of para-hydroxylation sites is 1. The van der Waals surface area contributed by atoms with Gasteiger partial charge in [-0.15, -0.1) is 0 Å². The van der Waals surface area contributed by atoms with Gasteiger partial charge in [-0.25, -0.2) is 0 Å². The van der Waals surface area contributed by atoms with E-state index in [0.717, 1.165) is 0 Å². The highest BCUT2D eigenvalue weighted by atomic mass is 35.5. The molecule has 0 amide bonds. The molecule has 0 aliphatic heterocycles. The lowest BCUT2D eigenvalue weighted by Crippen LogP contribution is -2.26. The Morgan fingerprint density at radius 3 is 2.71 bits per heavy atom. The van der Waals surface area contributed by atoms with E-state index in [4.69, 9.17) is 11.6 Å². The van der Waals surface area contributed by atoms with E-state index in [-0.39, 0.29) is 15.5 Å². The first kappa shape index (κ1) is 14.1. The summed E-state index contributed by atoms with van der Waals surface area (Å²) in [6, 6.07) is 4.88. The minimum absolute atomic E-state index is 0.0101. The summed E-state index contributed by atoms with van der Waals surface area (Å²) in [7, 11) is 0. The number of hydrogen-bond donors (Lipinski definition) is 1. The molecule has 0 saturated carbocycles. The van der Waals surface area contributed by atoms with Gasteiger partial charge in [0.25, 0.3) is 0 Å². The standard InChI is InChI=1S/C11H15ClN2O2S/c1-11(2,17-3)7-13-9-6-4-5-8(12)10(9)14(15)16/h4-6,13H,7H2,1-3H3. The summed E-state index contributed by atoms with van der Waals surface area (Å²) in [4.78, 5) is 10.5. The number of nitro groups is 1. The Labute approximate surface area is 110 Å².